The molecule has 3 aromatic carbocycles. The van der Waals surface area contributed by atoms with Gasteiger partial charge < -0.3 is 4.74 Å². The predicted octanol–water partition coefficient (Wildman–Crippen LogP) is 6.05. The standard InChI is InChI=1S/C29H23Br2NO4/c1-2-3-16-36-27(35)17-10-4-9-15-22(17)32-25(33)23-24(26(32)34)29(31)19-12-6-5-11-18(19)28(23,30)20-13-7-8-14-21(20)29/h4-15,23-24H,2-3,16H2,1H3. The van der Waals surface area contributed by atoms with Crippen molar-refractivity contribution in [2.24, 2.45) is 11.8 Å². The Kier molecular flexibility index (Phi) is 5.50. The minimum Gasteiger partial charge on any atom is -0.462 e. The molecule has 2 bridgehead atoms. The Hall–Kier alpha value is -2.77. The van der Waals surface area contributed by atoms with E-state index in [-0.39, 0.29) is 29.7 Å². The van der Waals surface area contributed by atoms with Crippen molar-refractivity contribution < 1.29 is 19.1 Å². The van der Waals surface area contributed by atoms with Crippen LogP contribution < -0.4 is 4.90 Å². The molecular weight excluding hydrogens is 586 g/mol. The molecule has 7 heteroatoms. The second-order valence-corrected chi connectivity index (χ2v) is 12.0. The molecule has 1 fully saturated rings. The smallest absolute Gasteiger partial charge is 0.340 e. The van der Waals surface area contributed by atoms with Crippen molar-refractivity contribution in [3.05, 3.63) is 101 Å². The predicted molar refractivity (Wildman–Crippen MR) is 143 cm³/mol. The van der Waals surface area contributed by atoms with E-state index in [0.717, 1.165) is 35.1 Å². The van der Waals surface area contributed by atoms with Gasteiger partial charge >= 0.3 is 5.97 Å². The number of imide groups is 1. The normalized spacial score (nSPS) is 27.5. The Morgan fingerprint density at radius 3 is 1.72 bits per heavy atom. The number of nitrogens with zero attached hydrogens (tertiary/aromatic N) is 1. The summed E-state index contributed by atoms with van der Waals surface area (Å²) in [6, 6.07) is 22.6. The third-order valence-corrected chi connectivity index (χ3v) is 10.4. The lowest BCUT2D eigenvalue weighted by Crippen LogP contribution is -2.56. The summed E-state index contributed by atoms with van der Waals surface area (Å²) in [6.45, 7) is 2.30. The first-order valence-electron chi connectivity index (χ1n) is 12.1. The molecule has 0 N–H and O–H groups in total. The van der Waals surface area contributed by atoms with Gasteiger partial charge in [-0.05, 0) is 40.8 Å². The number of alkyl halides is 2. The number of unbranched alkanes of at least 4 members (excludes halogenated alkanes) is 1. The number of para-hydroxylation sites is 1. The lowest BCUT2D eigenvalue weighted by atomic mass is 9.54. The van der Waals surface area contributed by atoms with E-state index in [4.69, 9.17) is 4.74 Å². The van der Waals surface area contributed by atoms with Crippen LogP contribution in [0.1, 0.15) is 52.4 Å². The molecular formula is C29H23Br2NO4. The number of esters is 1. The number of benzene rings is 3. The molecule has 182 valence electrons. The van der Waals surface area contributed by atoms with Crippen molar-refractivity contribution in [3.8, 4) is 0 Å². The van der Waals surface area contributed by atoms with Gasteiger partial charge in [-0.3, -0.25) is 9.59 Å². The summed E-state index contributed by atoms with van der Waals surface area (Å²) in [4.78, 5) is 42.7. The molecule has 2 amide bonds. The number of carbonyl (C=O) groups excluding carboxylic acids is 3. The molecule has 2 unspecified atom stereocenters. The van der Waals surface area contributed by atoms with Crippen LogP contribution in [0.25, 0.3) is 0 Å². The number of amides is 2. The maximum atomic E-state index is 14.2. The van der Waals surface area contributed by atoms with Crippen molar-refractivity contribution in [3.63, 3.8) is 0 Å². The van der Waals surface area contributed by atoms with E-state index in [9.17, 15) is 14.4 Å². The second-order valence-electron chi connectivity index (χ2n) is 9.49. The maximum absolute atomic E-state index is 14.2. The summed E-state index contributed by atoms with van der Waals surface area (Å²) < 4.78 is 3.69. The van der Waals surface area contributed by atoms with Gasteiger partial charge in [-0.15, -0.1) is 0 Å². The van der Waals surface area contributed by atoms with Gasteiger partial charge in [0.15, 0.2) is 0 Å². The molecule has 0 aromatic heterocycles. The SMILES string of the molecule is CCCCOC(=O)c1ccccc1N1C(=O)C2C(C1=O)C1(Br)c3ccccc3C2(Br)c2ccccc21. The van der Waals surface area contributed by atoms with Gasteiger partial charge in [0, 0.05) is 0 Å². The van der Waals surface area contributed by atoms with E-state index in [1.807, 2.05) is 55.5 Å². The first kappa shape index (κ1) is 23.6. The molecule has 1 saturated heterocycles. The highest BCUT2D eigenvalue weighted by Crippen LogP contribution is 2.70. The Labute approximate surface area is 226 Å². The van der Waals surface area contributed by atoms with Crippen molar-refractivity contribution >= 4 is 55.3 Å². The minimum absolute atomic E-state index is 0.212. The highest BCUT2D eigenvalue weighted by Gasteiger charge is 2.72. The van der Waals surface area contributed by atoms with Gasteiger partial charge in [-0.25, -0.2) is 9.69 Å². The molecule has 3 aliphatic carbocycles. The van der Waals surface area contributed by atoms with Gasteiger partial charge in [0.1, 0.15) is 0 Å². The van der Waals surface area contributed by atoms with Crippen LogP contribution in [0.4, 0.5) is 5.69 Å². The van der Waals surface area contributed by atoms with Gasteiger partial charge in [-0.1, -0.05) is 106 Å². The summed E-state index contributed by atoms with van der Waals surface area (Å²) in [5.41, 5.74) is 4.36. The second kappa shape index (κ2) is 8.38. The Bertz CT molecular complexity index is 1310. The van der Waals surface area contributed by atoms with Crippen molar-refractivity contribution in [1.29, 1.82) is 0 Å². The monoisotopic (exact) mass is 607 g/mol. The number of anilines is 1. The van der Waals surface area contributed by atoms with E-state index in [1.54, 1.807) is 24.3 Å². The summed E-state index contributed by atoms with van der Waals surface area (Å²) in [5.74, 6) is -2.59. The van der Waals surface area contributed by atoms with Gasteiger partial charge in [-0.2, -0.15) is 0 Å². The third-order valence-electron chi connectivity index (χ3n) is 7.68. The van der Waals surface area contributed by atoms with E-state index in [0.29, 0.717) is 0 Å². The zero-order chi connectivity index (χ0) is 25.2. The van der Waals surface area contributed by atoms with Crippen molar-refractivity contribution in [2.45, 2.75) is 28.4 Å². The molecule has 0 saturated carbocycles. The number of rotatable bonds is 5. The van der Waals surface area contributed by atoms with Crippen LogP contribution in [0.15, 0.2) is 72.8 Å². The lowest BCUT2D eigenvalue weighted by molar-refractivity contribution is -0.122. The molecule has 7 rings (SSSR count). The zero-order valence-corrected chi connectivity index (χ0v) is 22.7. The van der Waals surface area contributed by atoms with E-state index < -0.39 is 26.5 Å². The summed E-state index contributed by atoms with van der Waals surface area (Å²) in [5, 5.41) is 0. The third kappa shape index (κ3) is 2.90. The number of halogens is 2. The number of carbonyl (C=O) groups is 3. The average molecular weight is 609 g/mol. The van der Waals surface area contributed by atoms with Crippen LogP contribution in [0.3, 0.4) is 0 Å². The fraction of sp³-hybridized carbons (Fsp3) is 0.276. The molecule has 1 heterocycles. The lowest BCUT2D eigenvalue weighted by Gasteiger charge is -2.55. The van der Waals surface area contributed by atoms with Gasteiger partial charge in [0.25, 0.3) is 0 Å². The van der Waals surface area contributed by atoms with Crippen molar-refractivity contribution in [1.82, 2.24) is 0 Å². The van der Waals surface area contributed by atoms with Crippen molar-refractivity contribution in [2.75, 3.05) is 11.5 Å². The Morgan fingerprint density at radius 2 is 1.25 bits per heavy atom. The summed E-state index contributed by atoms with van der Waals surface area (Å²) in [7, 11) is 0. The largest absolute Gasteiger partial charge is 0.462 e. The van der Waals surface area contributed by atoms with Gasteiger partial charge in [0.2, 0.25) is 11.8 Å². The van der Waals surface area contributed by atoms with Crippen LogP contribution in [0.5, 0.6) is 0 Å². The fourth-order valence-electron chi connectivity index (χ4n) is 6.13. The molecule has 36 heavy (non-hydrogen) atoms. The molecule has 5 nitrogen and oxygen atoms in total. The number of ether oxygens (including phenoxy) is 1. The highest BCUT2D eigenvalue weighted by molar-refractivity contribution is 9.10. The van der Waals surface area contributed by atoms with Crippen LogP contribution in [-0.4, -0.2) is 24.4 Å². The zero-order valence-electron chi connectivity index (χ0n) is 19.5. The topological polar surface area (TPSA) is 63.7 Å². The quantitative estimate of drug-likeness (QED) is 0.153. The Balaban J connectivity index is 1.52. The average Bonchev–Trinajstić information content (AvgIpc) is 3.18. The van der Waals surface area contributed by atoms with E-state index in [2.05, 4.69) is 31.9 Å². The van der Waals surface area contributed by atoms with E-state index >= 15 is 0 Å². The molecule has 0 radical (unpaired) electrons. The summed E-state index contributed by atoms with van der Waals surface area (Å²) >= 11 is 8.01. The molecule has 2 atom stereocenters. The summed E-state index contributed by atoms with van der Waals surface area (Å²) in [6.07, 6.45) is 1.64. The Morgan fingerprint density at radius 1 is 0.806 bits per heavy atom. The first-order chi connectivity index (χ1) is 17.4. The number of hydrogen-bond donors (Lipinski definition) is 0. The molecule has 4 aliphatic rings. The molecule has 1 aliphatic heterocycles. The minimum atomic E-state index is -0.877. The first-order valence-corrected chi connectivity index (χ1v) is 13.7. The van der Waals surface area contributed by atoms with Crippen LogP contribution in [-0.2, 0) is 23.0 Å². The van der Waals surface area contributed by atoms with Crippen LogP contribution in [0.2, 0.25) is 0 Å². The van der Waals surface area contributed by atoms with Crippen LogP contribution in [0, 0.1) is 11.8 Å². The van der Waals surface area contributed by atoms with E-state index in [1.165, 1.54) is 4.90 Å². The fourth-order valence-corrected chi connectivity index (χ4v) is 8.44. The molecule has 0 spiro atoms. The van der Waals surface area contributed by atoms with Crippen LogP contribution >= 0.6 is 31.9 Å². The number of hydrogen-bond acceptors (Lipinski definition) is 4. The van der Waals surface area contributed by atoms with Gasteiger partial charge in [0.05, 0.1) is 38.3 Å². The molecule has 3 aromatic rings. The highest BCUT2D eigenvalue weighted by atomic mass is 79.9. The maximum Gasteiger partial charge on any atom is 0.340 e.